The Morgan fingerprint density at radius 3 is 2.88 bits per heavy atom. The zero-order valence-corrected chi connectivity index (χ0v) is 4.46. The number of carbonyl (C=O) groups excluding carboxylic acids is 1. The smallest absolute Gasteiger partial charge is 0.158 e. The van der Waals surface area contributed by atoms with E-state index < -0.39 is 6.29 Å². The Bertz CT molecular complexity index is 89.8. The van der Waals surface area contributed by atoms with Crippen molar-refractivity contribution in [2.75, 3.05) is 6.61 Å². The van der Waals surface area contributed by atoms with Crippen molar-refractivity contribution in [3.63, 3.8) is 0 Å². The van der Waals surface area contributed by atoms with Crippen molar-refractivity contribution in [1.82, 2.24) is 0 Å². The summed E-state index contributed by atoms with van der Waals surface area (Å²) in [5.41, 5.74) is 0. The third-order valence-corrected chi connectivity index (χ3v) is 1.11. The van der Waals surface area contributed by atoms with Gasteiger partial charge in [-0.15, -0.1) is 0 Å². The Hall–Kier alpha value is -0.410. The minimum absolute atomic E-state index is 0.0790. The van der Waals surface area contributed by atoms with E-state index in [-0.39, 0.29) is 12.4 Å². The van der Waals surface area contributed by atoms with Crippen molar-refractivity contribution in [2.45, 2.75) is 19.1 Å². The lowest BCUT2D eigenvalue weighted by atomic mass is 10.2. The molecule has 1 fully saturated rings. The molecule has 0 spiro atoms. The fraction of sp³-hybridized carbons (Fsp3) is 0.800. The Morgan fingerprint density at radius 2 is 2.50 bits per heavy atom. The normalized spacial score (nSPS) is 30.6. The van der Waals surface area contributed by atoms with Crippen LogP contribution in [0.15, 0.2) is 0 Å². The molecule has 3 nitrogen and oxygen atoms in total. The van der Waals surface area contributed by atoms with Crippen molar-refractivity contribution < 1.29 is 14.6 Å². The molecule has 1 N–H and O–H groups in total. The lowest BCUT2D eigenvalue weighted by molar-refractivity contribution is -0.153. The van der Waals surface area contributed by atoms with Gasteiger partial charge in [-0.25, -0.2) is 0 Å². The highest BCUT2D eigenvalue weighted by Crippen LogP contribution is 2.05. The second kappa shape index (κ2) is 2.24. The van der Waals surface area contributed by atoms with Crippen molar-refractivity contribution >= 4 is 5.78 Å². The molecule has 1 aliphatic heterocycles. The molecule has 1 atom stereocenters. The molecule has 0 aliphatic carbocycles. The van der Waals surface area contributed by atoms with E-state index in [1.165, 1.54) is 0 Å². The van der Waals surface area contributed by atoms with Crippen LogP contribution in [-0.2, 0) is 9.53 Å². The average Bonchev–Trinajstić information content (AvgIpc) is 1.77. The molecule has 0 bridgehead atoms. The number of ketones is 1. The summed E-state index contributed by atoms with van der Waals surface area (Å²) in [4.78, 5) is 10.4. The quantitative estimate of drug-likeness (QED) is 0.472. The van der Waals surface area contributed by atoms with Gasteiger partial charge in [-0.1, -0.05) is 0 Å². The number of Topliss-reactive ketones (excluding diaryl/α,β-unsaturated/α-hetero) is 1. The molecule has 1 heterocycles. The minimum Gasteiger partial charge on any atom is -0.368 e. The van der Waals surface area contributed by atoms with Crippen LogP contribution in [0.3, 0.4) is 0 Å². The van der Waals surface area contributed by atoms with Crippen LogP contribution in [0.1, 0.15) is 12.8 Å². The summed E-state index contributed by atoms with van der Waals surface area (Å²) in [6, 6.07) is 0. The standard InChI is InChI=1S/C5H8O3/c6-4-1-2-5(7)8-3-4/h5,7H,1-3H2. The molecule has 0 radical (unpaired) electrons. The number of ether oxygens (including phenoxy) is 1. The summed E-state index contributed by atoms with van der Waals surface area (Å²) in [6.07, 6.45) is 0.215. The Morgan fingerprint density at radius 1 is 1.75 bits per heavy atom. The number of hydrogen-bond donors (Lipinski definition) is 1. The van der Waals surface area contributed by atoms with E-state index in [0.717, 1.165) is 0 Å². The first-order chi connectivity index (χ1) is 3.79. The van der Waals surface area contributed by atoms with Gasteiger partial charge < -0.3 is 9.84 Å². The highest BCUT2D eigenvalue weighted by molar-refractivity contribution is 5.80. The lowest BCUT2D eigenvalue weighted by Crippen LogP contribution is -2.24. The third kappa shape index (κ3) is 1.28. The molecule has 1 rings (SSSR count). The predicted molar refractivity (Wildman–Crippen MR) is 26.2 cm³/mol. The topological polar surface area (TPSA) is 46.5 Å². The second-order valence-corrected chi connectivity index (χ2v) is 1.84. The first-order valence-corrected chi connectivity index (χ1v) is 2.60. The van der Waals surface area contributed by atoms with Gasteiger partial charge in [0.2, 0.25) is 0 Å². The van der Waals surface area contributed by atoms with Gasteiger partial charge >= 0.3 is 0 Å². The number of carbonyl (C=O) groups is 1. The van der Waals surface area contributed by atoms with Gasteiger partial charge in [0.1, 0.15) is 6.61 Å². The molecule has 0 saturated carbocycles. The Kier molecular flexibility index (Phi) is 1.60. The predicted octanol–water partition coefficient (Wildman–Crippen LogP) is -0.316. The van der Waals surface area contributed by atoms with Crippen LogP contribution in [0, 0.1) is 0 Å². The van der Waals surface area contributed by atoms with E-state index in [1.54, 1.807) is 0 Å². The summed E-state index contributed by atoms with van der Waals surface area (Å²) in [7, 11) is 0. The van der Waals surface area contributed by atoms with E-state index in [0.29, 0.717) is 12.8 Å². The first-order valence-electron chi connectivity index (χ1n) is 2.60. The molecular formula is C5H8O3. The number of aliphatic hydroxyl groups is 1. The molecule has 8 heavy (non-hydrogen) atoms. The number of rotatable bonds is 0. The van der Waals surface area contributed by atoms with Crippen molar-refractivity contribution in [2.24, 2.45) is 0 Å². The summed E-state index contributed by atoms with van der Waals surface area (Å²) in [5, 5.41) is 8.65. The maximum atomic E-state index is 10.4. The number of aliphatic hydroxyl groups excluding tert-OH is 1. The van der Waals surface area contributed by atoms with Crippen LogP contribution >= 0.6 is 0 Å². The molecule has 0 aromatic carbocycles. The van der Waals surface area contributed by atoms with Crippen LogP contribution in [0.5, 0.6) is 0 Å². The van der Waals surface area contributed by atoms with Gasteiger partial charge in [0.25, 0.3) is 0 Å². The molecular weight excluding hydrogens is 108 g/mol. The van der Waals surface area contributed by atoms with Gasteiger partial charge in [0.15, 0.2) is 12.1 Å². The molecule has 0 aromatic rings. The molecule has 46 valence electrons. The zero-order valence-electron chi connectivity index (χ0n) is 4.46. The SMILES string of the molecule is O=C1CCC(O)OC1. The maximum absolute atomic E-state index is 10.4. The molecule has 3 heteroatoms. The molecule has 0 amide bonds. The van der Waals surface area contributed by atoms with E-state index in [2.05, 4.69) is 4.74 Å². The molecule has 1 aliphatic rings. The lowest BCUT2D eigenvalue weighted by Gasteiger charge is -2.15. The molecule has 1 unspecified atom stereocenters. The van der Waals surface area contributed by atoms with E-state index in [1.807, 2.05) is 0 Å². The van der Waals surface area contributed by atoms with Crippen molar-refractivity contribution in [1.29, 1.82) is 0 Å². The molecule has 0 aromatic heterocycles. The first kappa shape index (κ1) is 5.72. The largest absolute Gasteiger partial charge is 0.368 e. The monoisotopic (exact) mass is 116 g/mol. The van der Waals surface area contributed by atoms with Crippen LogP contribution < -0.4 is 0 Å². The highest BCUT2D eigenvalue weighted by atomic mass is 16.6. The minimum atomic E-state index is -0.701. The van der Waals surface area contributed by atoms with E-state index >= 15 is 0 Å². The van der Waals surface area contributed by atoms with E-state index in [4.69, 9.17) is 5.11 Å². The van der Waals surface area contributed by atoms with Gasteiger partial charge in [0, 0.05) is 12.8 Å². The van der Waals surface area contributed by atoms with Gasteiger partial charge in [-0.3, -0.25) is 4.79 Å². The van der Waals surface area contributed by atoms with Gasteiger partial charge in [-0.2, -0.15) is 0 Å². The fourth-order valence-corrected chi connectivity index (χ4v) is 0.629. The zero-order chi connectivity index (χ0) is 5.98. The third-order valence-electron chi connectivity index (χ3n) is 1.11. The van der Waals surface area contributed by atoms with Crippen LogP contribution in [0.2, 0.25) is 0 Å². The summed E-state index contributed by atoms with van der Waals surface area (Å²) in [5.74, 6) is 0.0790. The van der Waals surface area contributed by atoms with Crippen LogP contribution in [-0.4, -0.2) is 23.8 Å². The van der Waals surface area contributed by atoms with Crippen molar-refractivity contribution in [3.8, 4) is 0 Å². The van der Waals surface area contributed by atoms with Crippen LogP contribution in [0.4, 0.5) is 0 Å². The average molecular weight is 116 g/mol. The summed E-state index contributed by atoms with van der Waals surface area (Å²) >= 11 is 0. The molecule has 1 saturated heterocycles. The van der Waals surface area contributed by atoms with E-state index in [9.17, 15) is 4.79 Å². The summed E-state index contributed by atoms with van der Waals surface area (Å²) in [6.45, 7) is 0.0845. The highest BCUT2D eigenvalue weighted by Gasteiger charge is 2.15. The summed E-state index contributed by atoms with van der Waals surface area (Å²) < 4.78 is 4.60. The number of hydrogen-bond acceptors (Lipinski definition) is 3. The fourth-order valence-electron chi connectivity index (χ4n) is 0.629. The van der Waals surface area contributed by atoms with Gasteiger partial charge in [-0.05, 0) is 0 Å². The van der Waals surface area contributed by atoms with Crippen molar-refractivity contribution in [3.05, 3.63) is 0 Å². The Balaban J connectivity index is 2.29. The second-order valence-electron chi connectivity index (χ2n) is 1.84. The maximum Gasteiger partial charge on any atom is 0.158 e. The Labute approximate surface area is 47.3 Å². The van der Waals surface area contributed by atoms with Gasteiger partial charge in [0.05, 0.1) is 0 Å². The van der Waals surface area contributed by atoms with Crippen LogP contribution in [0.25, 0.3) is 0 Å².